The van der Waals surface area contributed by atoms with Crippen molar-refractivity contribution >= 4 is 17.9 Å². The summed E-state index contributed by atoms with van der Waals surface area (Å²) in [6.07, 6.45) is 74.9. The summed E-state index contributed by atoms with van der Waals surface area (Å²) in [5.74, 6) is -0.983. The number of allylic oxidation sites excluding steroid dienone is 20. The molecular weight excluding hydrogens is 829 g/mol. The summed E-state index contributed by atoms with van der Waals surface area (Å²) in [4.78, 5) is 37.8. The highest BCUT2D eigenvalue weighted by molar-refractivity contribution is 5.71. The maximum Gasteiger partial charge on any atom is 0.306 e. The van der Waals surface area contributed by atoms with Gasteiger partial charge in [-0.2, -0.15) is 0 Å². The maximum atomic E-state index is 12.7. The molecule has 0 aliphatic heterocycles. The fourth-order valence-corrected chi connectivity index (χ4v) is 6.89. The van der Waals surface area contributed by atoms with E-state index >= 15 is 0 Å². The number of ether oxygens (including phenoxy) is 3. The second-order valence-corrected chi connectivity index (χ2v) is 17.4. The summed E-state index contributed by atoms with van der Waals surface area (Å²) in [6, 6.07) is 0. The third-order valence-corrected chi connectivity index (χ3v) is 11.0. The molecule has 1 unspecified atom stereocenters. The van der Waals surface area contributed by atoms with Crippen LogP contribution in [0.1, 0.15) is 226 Å². The van der Waals surface area contributed by atoms with E-state index < -0.39 is 6.10 Å². The van der Waals surface area contributed by atoms with Gasteiger partial charge in [0.15, 0.2) is 6.10 Å². The molecule has 67 heavy (non-hydrogen) atoms. The van der Waals surface area contributed by atoms with Crippen LogP contribution in [0.3, 0.4) is 0 Å². The summed E-state index contributed by atoms with van der Waals surface area (Å²) >= 11 is 0. The minimum Gasteiger partial charge on any atom is -0.462 e. The van der Waals surface area contributed by atoms with Crippen molar-refractivity contribution in [2.45, 2.75) is 232 Å². The van der Waals surface area contributed by atoms with E-state index in [1.54, 1.807) is 0 Å². The zero-order valence-corrected chi connectivity index (χ0v) is 43.1. The lowest BCUT2D eigenvalue weighted by Crippen LogP contribution is -2.30. The first-order valence-corrected chi connectivity index (χ1v) is 27.0. The van der Waals surface area contributed by atoms with Crippen LogP contribution in [0.2, 0.25) is 0 Å². The Morgan fingerprint density at radius 2 is 0.612 bits per heavy atom. The van der Waals surface area contributed by atoms with Gasteiger partial charge in [0.05, 0.1) is 0 Å². The number of unbranched alkanes of at least 4 members (excludes halogenated alkanes) is 16. The van der Waals surface area contributed by atoms with Crippen LogP contribution in [0, 0.1) is 0 Å². The molecule has 0 aliphatic rings. The summed E-state index contributed by atoms with van der Waals surface area (Å²) < 4.78 is 16.7. The van der Waals surface area contributed by atoms with Gasteiger partial charge in [0.1, 0.15) is 13.2 Å². The third-order valence-electron chi connectivity index (χ3n) is 11.0. The van der Waals surface area contributed by atoms with E-state index in [1.807, 2.05) is 0 Å². The van der Waals surface area contributed by atoms with Gasteiger partial charge in [0.2, 0.25) is 0 Å². The molecule has 6 nitrogen and oxygen atoms in total. The van der Waals surface area contributed by atoms with Crippen molar-refractivity contribution in [1.82, 2.24) is 0 Å². The number of hydrogen-bond donors (Lipinski definition) is 0. The van der Waals surface area contributed by atoms with Gasteiger partial charge in [-0.25, -0.2) is 0 Å². The molecular formula is C61H98O6. The lowest BCUT2D eigenvalue weighted by molar-refractivity contribution is -0.167. The molecule has 0 saturated heterocycles. The Morgan fingerprint density at radius 3 is 1.03 bits per heavy atom. The SMILES string of the molecule is CC/C=C\C/C=C\C/C=C\C/C=C\C/C=C\C/C=C\C/C=C\C/C=C\C/C=C\CCCC(=O)OCC(COC(=O)CCCCCCCCCCC)OC(=O)CCCCCCC/C=C\CCCC. The molecule has 0 N–H and O–H groups in total. The average Bonchev–Trinajstić information content (AvgIpc) is 3.33. The molecule has 0 aromatic carbocycles. The predicted octanol–water partition coefficient (Wildman–Crippen LogP) is 18.1. The number of rotatable bonds is 47. The van der Waals surface area contributed by atoms with Gasteiger partial charge < -0.3 is 14.2 Å². The zero-order chi connectivity index (χ0) is 48.6. The van der Waals surface area contributed by atoms with E-state index in [-0.39, 0.29) is 37.5 Å². The first-order valence-electron chi connectivity index (χ1n) is 27.0. The number of hydrogen-bond acceptors (Lipinski definition) is 6. The second-order valence-electron chi connectivity index (χ2n) is 17.4. The Kier molecular flexibility index (Phi) is 51.0. The zero-order valence-electron chi connectivity index (χ0n) is 43.1. The van der Waals surface area contributed by atoms with Crippen molar-refractivity contribution in [2.75, 3.05) is 13.2 Å². The van der Waals surface area contributed by atoms with Crippen molar-refractivity contribution in [1.29, 1.82) is 0 Å². The molecule has 0 radical (unpaired) electrons. The first kappa shape index (κ1) is 62.8. The molecule has 0 bridgehead atoms. The molecule has 0 aromatic heterocycles. The summed E-state index contributed by atoms with van der Waals surface area (Å²) in [5.41, 5.74) is 0. The number of carbonyl (C=O) groups excluding carboxylic acids is 3. The van der Waals surface area contributed by atoms with Crippen LogP contribution < -0.4 is 0 Å². The highest BCUT2D eigenvalue weighted by atomic mass is 16.6. The van der Waals surface area contributed by atoms with Crippen LogP contribution in [0.15, 0.2) is 122 Å². The molecule has 0 heterocycles. The molecule has 6 heteroatoms. The lowest BCUT2D eigenvalue weighted by Gasteiger charge is -2.18. The van der Waals surface area contributed by atoms with E-state index in [1.165, 1.54) is 64.2 Å². The summed E-state index contributed by atoms with van der Waals surface area (Å²) in [5, 5.41) is 0. The Hall–Kier alpha value is -4.19. The van der Waals surface area contributed by atoms with Crippen LogP contribution >= 0.6 is 0 Å². The average molecular weight is 927 g/mol. The van der Waals surface area contributed by atoms with Crippen molar-refractivity contribution in [3.63, 3.8) is 0 Å². The van der Waals surface area contributed by atoms with Gasteiger partial charge in [-0.3, -0.25) is 14.4 Å². The van der Waals surface area contributed by atoms with Crippen LogP contribution in [0.4, 0.5) is 0 Å². The van der Waals surface area contributed by atoms with Gasteiger partial charge >= 0.3 is 17.9 Å². The molecule has 1 atom stereocenters. The summed E-state index contributed by atoms with van der Waals surface area (Å²) in [7, 11) is 0. The third kappa shape index (κ3) is 52.6. The standard InChI is InChI=1S/C61H98O6/c1-4-7-10-13-16-19-21-22-23-24-25-26-27-28-29-30-31-32-33-34-35-36-37-38-40-42-45-48-51-54-60(63)66-57-58(56-65-59(62)53-50-47-44-41-18-15-12-9-6-3)67-61(64)55-52-49-46-43-39-20-17-14-11-8-5-2/h7,10,14,16-17,19,22-23,25-26,28-29,31-32,34-35,37-38,42,45,58H,4-6,8-9,11-13,15,18,20-21,24,27,30,33,36,39-41,43-44,46-57H2,1-3H3/b10-7-,17-14-,19-16-,23-22-,26-25-,29-28-,32-31-,35-34-,38-37-,45-42-. The largest absolute Gasteiger partial charge is 0.462 e. The fourth-order valence-electron chi connectivity index (χ4n) is 6.89. The van der Waals surface area contributed by atoms with Crippen LogP contribution in [-0.4, -0.2) is 37.2 Å². The summed E-state index contributed by atoms with van der Waals surface area (Å²) in [6.45, 7) is 6.39. The van der Waals surface area contributed by atoms with Crippen LogP contribution in [0.25, 0.3) is 0 Å². The normalized spacial score (nSPS) is 13.1. The Morgan fingerprint density at radius 1 is 0.313 bits per heavy atom. The predicted molar refractivity (Wildman–Crippen MR) is 288 cm³/mol. The van der Waals surface area contributed by atoms with Gasteiger partial charge in [0.25, 0.3) is 0 Å². The van der Waals surface area contributed by atoms with Crippen LogP contribution in [0.5, 0.6) is 0 Å². The van der Waals surface area contributed by atoms with Crippen molar-refractivity contribution in [3.8, 4) is 0 Å². The van der Waals surface area contributed by atoms with Crippen molar-refractivity contribution < 1.29 is 28.6 Å². The minimum atomic E-state index is -0.804. The Bertz CT molecular complexity index is 1440. The van der Waals surface area contributed by atoms with E-state index in [0.29, 0.717) is 19.3 Å². The van der Waals surface area contributed by atoms with Crippen molar-refractivity contribution in [3.05, 3.63) is 122 Å². The lowest BCUT2D eigenvalue weighted by atomic mass is 10.1. The number of carbonyl (C=O) groups is 3. The molecule has 0 fully saturated rings. The molecule has 0 aromatic rings. The minimum absolute atomic E-state index is 0.101. The smallest absolute Gasteiger partial charge is 0.306 e. The molecule has 0 rings (SSSR count). The monoisotopic (exact) mass is 927 g/mol. The first-order chi connectivity index (χ1) is 33.0. The van der Waals surface area contributed by atoms with E-state index in [0.717, 1.165) is 116 Å². The maximum absolute atomic E-state index is 12.7. The molecule has 0 aliphatic carbocycles. The molecule has 0 saturated carbocycles. The molecule has 378 valence electrons. The van der Waals surface area contributed by atoms with Gasteiger partial charge in [-0.05, 0) is 103 Å². The van der Waals surface area contributed by atoms with Gasteiger partial charge in [-0.1, -0.05) is 226 Å². The topological polar surface area (TPSA) is 78.9 Å². The van der Waals surface area contributed by atoms with E-state index in [4.69, 9.17) is 14.2 Å². The molecule has 0 amide bonds. The Balaban J connectivity index is 4.33. The molecule has 0 spiro atoms. The highest BCUT2D eigenvalue weighted by Gasteiger charge is 2.19. The highest BCUT2D eigenvalue weighted by Crippen LogP contribution is 2.13. The van der Waals surface area contributed by atoms with Crippen LogP contribution in [-0.2, 0) is 28.6 Å². The Labute approximate surface area is 412 Å². The van der Waals surface area contributed by atoms with Gasteiger partial charge in [0, 0.05) is 19.3 Å². The van der Waals surface area contributed by atoms with Crippen molar-refractivity contribution in [2.24, 2.45) is 0 Å². The fraction of sp³-hybridized carbons (Fsp3) is 0.623. The second kappa shape index (κ2) is 54.4. The number of esters is 3. The quantitative estimate of drug-likeness (QED) is 0.0262. The van der Waals surface area contributed by atoms with E-state index in [9.17, 15) is 14.4 Å². The van der Waals surface area contributed by atoms with E-state index in [2.05, 4.69) is 142 Å². The van der Waals surface area contributed by atoms with Gasteiger partial charge in [-0.15, -0.1) is 0 Å².